The molecule has 0 unspecified atom stereocenters. The zero-order chi connectivity index (χ0) is 16.9. The second kappa shape index (κ2) is 7.31. The summed E-state index contributed by atoms with van der Waals surface area (Å²) in [6.07, 6.45) is 6.66. The number of hydrogen-bond acceptors (Lipinski definition) is 5. The summed E-state index contributed by atoms with van der Waals surface area (Å²) >= 11 is 0. The minimum absolute atomic E-state index is 0.497. The van der Waals surface area contributed by atoms with Crippen LogP contribution in [0.2, 0.25) is 0 Å². The van der Waals surface area contributed by atoms with Crippen LogP contribution in [0.15, 0.2) is 36.5 Å². The van der Waals surface area contributed by atoms with Crippen LogP contribution >= 0.6 is 0 Å². The number of nitrogens with zero attached hydrogens (tertiary/aromatic N) is 3. The molecular weight excluding hydrogens is 302 g/mol. The van der Waals surface area contributed by atoms with Crippen LogP contribution in [-0.2, 0) is 17.8 Å². The number of nitrogens with one attached hydrogen (secondary N) is 1. The molecule has 2 aromatic heterocycles. The smallest absolute Gasteiger partial charge is 0.152 e. The highest BCUT2D eigenvalue weighted by Gasteiger charge is 2.16. The predicted molar refractivity (Wildman–Crippen MR) is 97.3 cm³/mol. The topological polar surface area (TPSA) is 78.0 Å². The summed E-state index contributed by atoms with van der Waals surface area (Å²) in [5.74, 6) is 1.56. The standard InChI is InChI=1S/C18H23N5O/c1-3-8-15-22-16-17(23(15)12-7-6-11-20-24-2)13-9-4-5-10-14(13)21-18(16)19/h4-6,9-11,20H,3,7-8,12H2,1-2H3,(H2,19,21). The van der Waals surface area contributed by atoms with Crippen molar-refractivity contribution < 1.29 is 4.84 Å². The van der Waals surface area contributed by atoms with Crippen molar-refractivity contribution in [2.75, 3.05) is 12.8 Å². The Morgan fingerprint density at radius 3 is 2.92 bits per heavy atom. The predicted octanol–water partition coefficient (Wildman–Crippen LogP) is 3.17. The fourth-order valence-corrected chi connectivity index (χ4v) is 2.96. The number of para-hydroxylation sites is 1. The van der Waals surface area contributed by atoms with E-state index in [1.807, 2.05) is 24.3 Å². The molecule has 2 heterocycles. The van der Waals surface area contributed by atoms with Crippen molar-refractivity contribution in [2.45, 2.75) is 32.7 Å². The molecule has 0 saturated carbocycles. The van der Waals surface area contributed by atoms with Crippen LogP contribution in [0.5, 0.6) is 0 Å². The molecule has 0 aliphatic carbocycles. The minimum Gasteiger partial charge on any atom is -0.382 e. The van der Waals surface area contributed by atoms with Gasteiger partial charge in [-0.3, -0.25) is 10.3 Å². The molecule has 3 rings (SSSR count). The van der Waals surface area contributed by atoms with Crippen LogP contribution in [0.3, 0.4) is 0 Å². The molecule has 0 aliphatic heterocycles. The molecule has 24 heavy (non-hydrogen) atoms. The van der Waals surface area contributed by atoms with Gasteiger partial charge in [0.2, 0.25) is 0 Å². The molecule has 0 amide bonds. The SMILES string of the molecule is CCCc1nc2c(N)nc3ccccc3c2n1CCC=CNOC. The monoisotopic (exact) mass is 325 g/mol. The average molecular weight is 325 g/mol. The van der Waals surface area contributed by atoms with Crippen LogP contribution < -0.4 is 11.2 Å². The fourth-order valence-electron chi connectivity index (χ4n) is 2.96. The maximum atomic E-state index is 6.17. The van der Waals surface area contributed by atoms with E-state index < -0.39 is 0 Å². The van der Waals surface area contributed by atoms with E-state index in [-0.39, 0.29) is 0 Å². The highest BCUT2D eigenvalue weighted by molar-refractivity contribution is 6.06. The van der Waals surface area contributed by atoms with Gasteiger partial charge in [0.15, 0.2) is 5.82 Å². The van der Waals surface area contributed by atoms with E-state index in [0.717, 1.165) is 53.6 Å². The lowest BCUT2D eigenvalue weighted by Crippen LogP contribution is -2.05. The first kappa shape index (κ1) is 16.3. The van der Waals surface area contributed by atoms with Gasteiger partial charge in [-0.2, -0.15) is 0 Å². The Morgan fingerprint density at radius 1 is 1.29 bits per heavy atom. The molecule has 0 spiro atoms. The zero-order valence-corrected chi connectivity index (χ0v) is 14.1. The number of aromatic nitrogens is 3. The first-order valence-corrected chi connectivity index (χ1v) is 8.23. The number of nitrogens with two attached hydrogens (primary N) is 1. The second-order valence-electron chi connectivity index (χ2n) is 5.65. The number of aryl methyl sites for hydroxylation is 2. The van der Waals surface area contributed by atoms with Crippen molar-refractivity contribution in [3.63, 3.8) is 0 Å². The van der Waals surface area contributed by atoms with Crippen molar-refractivity contribution in [3.05, 3.63) is 42.4 Å². The Balaban J connectivity index is 2.10. The molecule has 1 aromatic carbocycles. The molecule has 126 valence electrons. The van der Waals surface area contributed by atoms with Gasteiger partial charge in [-0.25, -0.2) is 9.97 Å². The Morgan fingerprint density at radius 2 is 2.12 bits per heavy atom. The number of imidazole rings is 1. The fraction of sp³-hybridized carbons (Fsp3) is 0.333. The second-order valence-corrected chi connectivity index (χ2v) is 5.65. The molecule has 3 N–H and O–H groups in total. The normalized spacial score (nSPS) is 11.8. The molecule has 6 heteroatoms. The third kappa shape index (κ3) is 3.05. The van der Waals surface area contributed by atoms with E-state index in [1.54, 1.807) is 13.3 Å². The lowest BCUT2D eigenvalue weighted by molar-refractivity contribution is 0.128. The number of benzene rings is 1. The number of anilines is 1. The van der Waals surface area contributed by atoms with Gasteiger partial charge in [0, 0.05) is 24.6 Å². The van der Waals surface area contributed by atoms with Crippen LogP contribution in [0.25, 0.3) is 21.9 Å². The maximum Gasteiger partial charge on any atom is 0.152 e. The Bertz CT molecular complexity index is 869. The number of rotatable bonds is 7. The number of nitrogen functional groups attached to an aromatic ring is 1. The number of fused-ring (bicyclic) bond motifs is 3. The summed E-state index contributed by atoms with van der Waals surface area (Å²) in [7, 11) is 1.59. The number of pyridine rings is 1. The van der Waals surface area contributed by atoms with Gasteiger partial charge in [-0.05, 0) is 18.9 Å². The molecule has 3 aromatic rings. The first-order chi connectivity index (χ1) is 11.8. The van der Waals surface area contributed by atoms with Gasteiger partial charge < -0.3 is 10.3 Å². The molecular formula is C18H23N5O. The van der Waals surface area contributed by atoms with Crippen molar-refractivity contribution in [1.82, 2.24) is 20.0 Å². The van der Waals surface area contributed by atoms with E-state index in [9.17, 15) is 0 Å². The quantitative estimate of drug-likeness (QED) is 0.652. The van der Waals surface area contributed by atoms with Gasteiger partial charge in [0.25, 0.3) is 0 Å². The molecule has 0 fully saturated rings. The van der Waals surface area contributed by atoms with Crippen LogP contribution in [0, 0.1) is 0 Å². The number of hydrogen-bond donors (Lipinski definition) is 2. The van der Waals surface area contributed by atoms with E-state index in [1.165, 1.54) is 0 Å². The van der Waals surface area contributed by atoms with E-state index in [2.05, 4.69) is 28.0 Å². The van der Waals surface area contributed by atoms with E-state index in [0.29, 0.717) is 5.82 Å². The lowest BCUT2D eigenvalue weighted by atomic mass is 10.2. The summed E-state index contributed by atoms with van der Waals surface area (Å²) in [6, 6.07) is 8.08. The van der Waals surface area contributed by atoms with Crippen LogP contribution in [0.4, 0.5) is 5.82 Å². The molecule has 0 atom stereocenters. The highest BCUT2D eigenvalue weighted by atomic mass is 16.6. The molecule has 0 bridgehead atoms. The summed E-state index contributed by atoms with van der Waals surface area (Å²) in [4.78, 5) is 14.1. The Hall–Kier alpha value is -2.60. The van der Waals surface area contributed by atoms with Gasteiger partial charge in [0.05, 0.1) is 18.1 Å². The molecule has 0 saturated heterocycles. The maximum absolute atomic E-state index is 6.17. The Kier molecular flexibility index (Phi) is 4.96. The Labute approximate surface area is 141 Å². The van der Waals surface area contributed by atoms with Gasteiger partial charge in [0.1, 0.15) is 11.3 Å². The third-order valence-corrected chi connectivity index (χ3v) is 3.99. The largest absolute Gasteiger partial charge is 0.382 e. The van der Waals surface area contributed by atoms with E-state index >= 15 is 0 Å². The molecule has 0 aliphatic rings. The number of hydroxylamine groups is 1. The van der Waals surface area contributed by atoms with Crippen LogP contribution in [-0.4, -0.2) is 21.6 Å². The summed E-state index contributed by atoms with van der Waals surface area (Å²) < 4.78 is 2.27. The number of allylic oxidation sites excluding steroid dienone is 1. The summed E-state index contributed by atoms with van der Waals surface area (Å²) in [5.41, 5.74) is 11.7. The van der Waals surface area contributed by atoms with Gasteiger partial charge in [-0.1, -0.05) is 31.2 Å². The zero-order valence-electron chi connectivity index (χ0n) is 14.1. The van der Waals surface area contributed by atoms with E-state index in [4.69, 9.17) is 15.6 Å². The van der Waals surface area contributed by atoms with Gasteiger partial charge >= 0.3 is 0 Å². The summed E-state index contributed by atoms with van der Waals surface area (Å²) in [5, 5.41) is 1.09. The van der Waals surface area contributed by atoms with Crippen molar-refractivity contribution in [1.29, 1.82) is 0 Å². The summed E-state index contributed by atoms with van der Waals surface area (Å²) in [6.45, 7) is 2.99. The molecule has 0 radical (unpaired) electrons. The van der Waals surface area contributed by atoms with Gasteiger partial charge in [-0.15, -0.1) is 0 Å². The average Bonchev–Trinajstić information content (AvgIpc) is 2.95. The van der Waals surface area contributed by atoms with Crippen molar-refractivity contribution >= 4 is 27.8 Å². The van der Waals surface area contributed by atoms with Crippen LogP contribution in [0.1, 0.15) is 25.6 Å². The molecule has 6 nitrogen and oxygen atoms in total. The van der Waals surface area contributed by atoms with Crippen molar-refractivity contribution in [3.8, 4) is 0 Å². The lowest BCUT2D eigenvalue weighted by Gasteiger charge is -2.09. The first-order valence-electron chi connectivity index (χ1n) is 8.23. The van der Waals surface area contributed by atoms with Crippen molar-refractivity contribution in [2.24, 2.45) is 0 Å². The highest BCUT2D eigenvalue weighted by Crippen LogP contribution is 2.29. The third-order valence-electron chi connectivity index (χ3n) is 3.99. The minimum atomic E-state index is 0.497.